The van der Waals surface area contributed by atoms with Crippen molar-refractivity contribution in [3.8, 4) is 34.3 Å². The van der Waals surface area contributed by atoms with Crippen LogP contribution in [0.2, 0.25) is 0 Å². The number of pyridine rings is 1. The van der Waals surface area contributed by atoms with E-state index in [2.05, 4.69) is 119 Å². The van der Waals surface area contributed by atoms with E-state index in [9.17, 15) is 0 Å². The zero-order chi connectivity index (χ0) is 28.0. The molecule has 5 aromatic rings. The summed E-state index contributed by atoms with van der Waals surface area (Å²) in [5.41, 5.74) is 9.45. The molecule has 4 heteroatoms. The molecule has 2 heterocycles. The van der Waals surface area contributed by atoms with Gasteiger partial charge in [-0.05, 0) is 82.7 Å². The molecule has 6 rings (SSSR count). The van der Waals surface area contributed by atoms with Gasteiger partial charge in [0.25, 0.3) is 6.71 Å². The van der Waals surface area contributed by atoms with Crippen LogP contribution in [-0.2, 0) is 12.5 Å². The minimum Gasteiger partial charge on any atom is -0.458 e. The SMILES string of the molecule is Cc1ccccc1Oc1ccccc1B1c2ccccc2Oc2cc(C)c(-c3cc(C(C)(C)C)cc[n+]3C)cc21. The summed E-state index contributed by atoms with van der Waals surface area (Å²) in [6.45, 7) is 11.0. The Labute approximate surface area is 238 Å². The summed E-state index contributed by atoms with van der Waals surface area (Å²) in [7, 11) is 2.12. The largest absolute Gasteiger partial charge is 0.458 e. The van der Waals surface area contributed by atoms with Crippen LogP contribution in [0.5, 0.6) is 23.0 Å². The first-order valence-corrected chi connectivity index (χ1v) is 13.9. The summed E-state index contributed by atoms with van der Waals surface area (Å²) < 4.78 is 15.3. The van der Waals surface area contributed by atoms with E-state index in [1.54, 1.807) is 0 Å². The molecule has 0 unspecified atom stereocenters. The molecule has 4 aromatic carbocycles. The van der Waals surface area contributed by atoms with Gasteiger partial charge in [0.15, 0.2) is 6.20 Å². The number of hydrogen-bond donors (Lipinski definition) is 0. The minimum absolute atomic E-state index is 0.0457. The molecular weight excluding hydrogens is 489 g/mol. The predicted molar refractivity (Wildman–Crippen MR) is 165 cm³/mol. The first-order chi connectivity index (χ1) is 19.2. The third-order valence-corrected chi connectivity index (χ3v) is 7.95. The number of rotatable bonds is 4. The van der Waals surface area contributed by atoms with Gasteiger partial charge in [-0.1, -0.05) is 75.4 Å². The summed E-state index contributed by atoms with van der Waals surface area (Å²) in [4.78, 5) is 0. The van der Waals surface area contributed by atoms with Crippen LogP contribution in [0, 0.1) is 13.8 Å². The van der Waals surface area contributed by atoms with Crippen LogP contribution in [0.15, 0.2) is 103 Å². The number of fused-ring (bicyclic) bond motifs is 2. The van der Waals surface area contributed by atoms with Crippen LogP contribution in [0.1, 0.15) is 37.5 Å². The van der Waals surface area contributed by atoms with Crippen molar-refractivity contribution in [2.75, 3.05) is 0 Å². The average Bonchev–Trinajstić information content (AvgIpc) is 2.93. The lowest BCUT2D eigenvalue weighted by molar-refractivity contribution is -0.660. The Morgan fingerprint density at radius 1 is 0.675 bits per heavy atom. The van der Waals surface area contributed by atoms with Gasteiger partial charge in [0.05, 0.1) is 0 Å². The third kappa shape index (κ3) is 4.68. The zero-order valence-electron chi connectivity index (χ0n) is 24.2. The average molecular weight is 524 g/mol. The highest BCUT2D eigenvalue weighted by Gasteiger charge is 2.35. The van der Waals surface area contributed by atoms with Gasteiger partial charge in [0.1, 0.15) is 30.0 Å². The van der Waals surface area contributed by atoms with Crippen LogP contribution in [0.3, 0.4) is 0 Å². The van der Waals surface area contributed by atoms with Gasteiger partial charge in [-0.3, -0.25) is 0 Å². The van der Waals surface area contributed by atoms with E-state index in [1.807, 2.05) is 30.3 Å². The molecule has 1 aromatic heterocycles. The Hall–Kier alpha value is -4.31. The van der Waals surface area contributed by atoms with E-state index in [0.717, 1.165) is 44.9 Å². The third-order valence-electron chi connectivity index (χ3n) is 7.95. The molecule has 0 spiro atoms. The standard InChI is InChI=1S/C36H35BNO2/c1-24-13-7-10-16-32(24)39-33-17-11-8-14-28(33)37-29-15-9-12-18-34(29)40-35-21-25(2)27(23-30(35)37)31-22-26(36(3,4)5)19-20-38(31)6/h7-23H,1-6H3/q+1. The molecular formula is C36H35BNO2+. The number of para-hydroxylation sites is 3. The van der Waals surface area contributed by atoms with Crippen molar-refractivity contribution in [1.29, 1.82) is 0 Å². The minimum atomic E-state index is -0.0457. The lowest BCUT2D eigenvalue weighted by Crippen LogP contribution is -2.55. The lowest BCUT2D eigenvalue weighted by Gasteiger charge is -2.29. The van der Waals surface area contributed by atoms with Gasteiger partial charge in [-0.15, -0.1) is 0 Å². The molecule has 0 saturated heterocycles. The number of nitrogens with zero attached hydrogens (tertiary/aromatic N) is 1. The number of aromatic nitrogens is 1. The van der Waals surface area contributed by atoms with Crippen molar-refractivity contribution in [3.63, 3.8) is 0 Å². The Balaban J connectivity index is 1.56. The van der Waals surface area contributed by atoms with Crippen molar-refractivity contribution in [2.45, 2.75) is 40.0 Å². The molecule has 0 radical (unpaired) electrons. The molecule has 3 nitrogen and oxygen atoms in total. The monoisotopic (exact) mass is 524 g/mol. The zero-order valence-corrected chi connectivity index (χ0v) is 24.2. The second-order valence-corrected chi connectivity index (χ2v) is 11.8. The molecule has 40 heavy (non-hydrogen) atoms. The van der Waals surface area contributed by atoms with Gasteiger partial charge in [-0.2, -0.15) is 0 Å². The quantitative estimate of drug-likeness (QED) is 0.194. The maximum absolute atomic E-state index is 6.59. The van der Waals surface area contributed by atoms with Crippen molar-refractivity contribution in [2.24, 2.45) is 7.05 Å². The normalized spacial score (nSPS) is 12.4. The summed E-state index contributed by atoms with van der Waals surface area (Å²) in [6.07, 6.45) is 2.17. The number of aryl methyl sites for hydroxylation is 3. The Morgan fingerprint density at radius 3 is 2.10 bits per heavy atom. The van der Waals surface area contributed by atoms with E-state index in [-0.39, 0.29) is 12.1 Å². The lowest BCUT2D eigenvalue weighted by atomic mass is 9.35. The van der Waals surface area contributed by atoms with E-state index in [4.69, 9.17) is 9.47 Å². The first-order valence-electron chi connectivity index (χ1n) is 13.9. The predicted octanol–water partition coefficient (Wildman–Crippen LogP) is 6.51. The molecule has 0 amide bonds. The molecule has 1 aliphatic rings. The second-order valence-electron chi connectivity index (χ2n) is 11.8. The van der Waals surface area contributed by atoms with Crippen LogP contribution in [0.4, 0.5) is 0 Å². The fourth-order valence-electron chi connectivity index (χ4n) is 5.63. The Kier molecular flexibility index (Phi) is 6.50. The second kappa shape index (κ2) is 10.0. The van der Waals surface area contributed by atoms with Gasteiger partial charge < -0.3 is 9.47 Å². The highest BCUT2D eigenvalue weighted by atomic mass is 16.5. The molecule has 0 atom stereocenters. The summed E-state index contributed by atoms with van der Waals surface area (Å²) >= 11 is 0. The van der Waals surface area contributed by atoms with E-state index < -0.39 is 0 Å². The highest BCUT2D eigenvalue weighted by Crippen LogP contribution is 2.33. The van der Waals surface area contributed by atoms with Crippen LogP contribution in [0.25, 0.3) is 11.3 Å². The highest BCUT2D eigenvalue weighted by molar-refractivity contribution is 6.97. The van der Waals surface area contributed by atoms with E-state index in [0.29, 0.717) is 0 Å². The van der Waals surface area contributed by atoms with Crippen LogP contribution >= 0.6 is 0 Å². The summed E-state index contributed by atoms with van der Waals surface area (Å²) in [5.74, 6) is 3.50. The van der Waals surface area contributed by atoms with Crippen LogP contribution in [-0.4, -0.2) is 6.71 Å². The van der Waals surface area contributed by atoms with Crippen LogP contribution < -0.4 is 30.4 Å². The number of ether oxygens (including phenoxy) is 2. The molecule has 0 aliphatic carbocycles. The Morgan fingerprint density at radius 2 is 1.35 bits per heavy atom. The first kappa shape index (κ1) is 25.9. The molecule has 0 bridgehead atoms. The van der Waals surface area contributed by atoms with E-state index in [1.165, 1.54) is 22.4 Å². The molecule has 1 aliphatic heterocycles. The fraction of sp³-hybridized carbons (Fsp3) is 0.194. The summed E-state index contributed by atoms with van der Waals surface area (Å²) in [5, 5.41) is 0. The van der Waals surface area contributed by atoms with Gasteiger partial charge >= 0.3 is 0 Å². The maximum Gasteiger partial charge on any atom is 0.255 e. The Bertz CT molecular complexity index is 1730. The fourth-order valence-corrected chi connectivity index (χ4v) is 5.63. The van der Waals surface area contributed by atoms with Crippen molar-refractivity contribution in [1.82, 2.24) is 0 Å². The van der Waals surface area contributed by atoms with Crippen molar-refractivity contribution < 1.29 is 14.0 Å². The molecule has 0 fully saturated rings. The molecule has 0 saturated carbocycles. The van der Waals surface area contributed by atoms with Gasteiger partial charge in [-0.25, -0.2) is 4.57 Å². The summed E-state index contributed by atoms with van der Waals surface area (Å²) in [6, 6.07) is 34.0. The molecule has 0 N–H and O–H groups in total. The number of hydrogen-bond acceptors (Lipinski definition) is 2. The number of benzene rings is 4. The van der Waals surface area contributed by atoms with E-state index >= 15 is 0 Å². The topological polar surface area (TPSA) is 22.3 Å². The smallest absolute Gasteiger partial charge is 0.255 e. The van der Waals surface area contributed by atoms with Crippen molar-refractivity contribution >= 4 is 23.1 Å². The molecule has 198 valence electrons. The van der Waals surface area contributed by atoms with Crippen molar-refractivity contribution in [3.05, 3.63) is 120 Å². The maximum atomic E-state index is 6.59. The van der Waals surface area contributed by atoms with Gasteiger partial charge in [0.2, 0.25) is 5.69 Å². The van der Waals surface area contributed by atoms with Gasteiger partial charge in [0, 0.05) is 17.7 Å².